The first-order valence-corrected chi connectivity index (χ1v) is 6.20. The number of benzene rings is 1. The number of aromatic carboxylic acids is 1. The van der Waals surface area contributed by atoms with E-state index in [2.05, 4.69) is 5.32 Å². The molecular formula is C13H16ClNO4. The average molecular weight is 286 g/mol. The second-order valence-corrected chi connectivity index (χ2v) is 4.54. The first-order valence-electron chi connectivity index (χ1n) is 5.82. The maximum atomic E-state index is 11.8. The summed E-state index contributed by atoms with van der Waals surface area (Å²) in [5.41, 5.74) is 0.294. The van der Waals surface area contributed by atoms with Gasteiger partial charge in [-0.25, -0.2) is 4.79 Å². The number of rotatable bonds is 5. The number of anilines is 1. The summed E-state index contributed by atoms with van der Waals surface area (Å²) in [4.78, 5) is 22.8. The summed E-state index contributed by atoms with van der Waals surface area (Å²) >= 11 is 5.96. The van der Waals surface area contributed by atoms with E-state index < -0.39 is 5.97 Å². The van der Waals surface area contributed by atoms with Crippen molar-refractivity contribution >= 4 is 29.2 Å². The van der Waals surface area contributed by atoms with Crippen LogP contribution in [0.15, 0.2) is 12.1 Å². The van der Waals surface area contributed by atoms with E-state index in [0.29, 0.717) is 12.1 Å². The molecule has 0 aliphatic heterocycles. The Balaban J connectivity index is 3.10. The Kier molecular flexibility index (Phi) is 5.18. The van der Waals surface area contributed by atoms with Crippen LogP contribution in [0.4, 0.5) is 5.69 Å². The van der Waals surface area contributed by atoms with E-state index in [1.165, 1.54) is 19.2 Å². The van der Waals surface area contributed by atoms with Crippen LogP contribution in [0.25, 0.3) is 0 Å². The van der Waals surface area contributed by atoms with Crippen LogP contribution in [0.2, 0.25) is 5.02 Å². The summed E-state index contributed by atoms with van der Waals surface area (Å²) in [5.74, 6) is -1.31. The smallest absolute Gasteiger partial charge is 0.339 e. The molecule has 0 saturated carbocycles. The Hall–Kier alpha value is -1.75. The summed E-state index contributed by atoms with van der Waals surface area (Å²) in [5, 5.41) is 11.8. The minimum Gasteiger partial charge on any atom is -0.496 e. The van der Waals surface area contributed by atoms with Crippen molar-refractivity contribution in [2.24, 2.45) is 5.92 Å². The second-order valence-electron chi connectivity index (χ2n) is 4.14. The Bertz CT molecular complexity index is 502. The van der Waals surface area contributed by atoms with E-state index in [1.54, 1.807) is 6.92 Å². The normalized spacial score (nSPS) is 11.8. The molecule has 104 valence electrons. The van der Waals surface area contributed by atoms with Gasteiger partial charge in [-0.05, 0) is 12.5 Å². The van der Waals surface area contributed by atoms with Gasteiger partial charge in [-0.3, -0.25) is 4.79 Å². The zero-order valence-electron chi connectivity index (χ0n) is 11.0. The summed E-state index contributed by atoms with van der Waals surface area (Å²) in [7, 11) is 1.36. The number of hydrogen-bond acceptors (Lipinski definition) is 3. The lowest BCUT2D eigenvalue weighted by atomic mass is 10.1. The summed E-state index contributed by atoms with van der Waals surface area (Å²) in [6, 6.07) is 2.67. The van der Waals surface area contributed by atoms with Crippen molar-refractivity contribution in [1.82, 2.24) is 0 Å². The molecule has 1 rings (SSSR count). The van der Waals surface area contributed by atoms with E-state index in [4.69, 9.17) is 21.4 Å². The molecule has 1 amide bonds. The Morgan fingerprint density at radius 3 is 2.58 bits per heavy atom. The number of carboxylic acid groups (broad SMARTS) is 1. The van der Waals surface area contributed by atoms with Crippen molar-refractivity contribution in [2.75, 3.05) is 12.4 Å². The number of ether oxygens (including phenoxy) is 1. The summed E-state index contributed by atoms with van der Waals surface area (Å²) in [6.07, 6.45) is 0.702. The monoisotopic (exact) mass is 285 g/mol. The van der Waals surface area contributed by atoms with Crippen LogP contribution in [0.1, 0.15) is 30.6 Å². The highest BCUT2D eigenvalue weighted by atomic mass is 35.5. The molecule has 0 bridgehead atoms. The molecule has 0 heterocycles. The number of carbonyl (C=O) groups excluding carboxylic acids is 1. The predicted octanol–water partition coefficient (Wildman–Crippen LogP) is 3.03. The van der Waals surface area contributed by atoms with Gasteiger partial charge in [-0.15, -0.1) is 0 Å². The molecule has 0 fully saturated rings. The zero-order valence-corrected chi connectivity index (χ0v) is 11.7. The van der Waals surface area contributed by atoms with Gasteiger partial charge in [0.25, 0.3) is 0 Å². The Labute approximate surface area is 116 Å². The number of hydrogen-bond donors (Lipinski definition) is 2. The molecule has 6 heteroatoms. The molecule has 0 saturated heterocycles. The lowest BCUT2D eigenvalue weighted by Crippen LogP contribution is -2.20. The molecule has 0 aliphatic rings. The van der Waals surface area contributed by atoms with Crippen LogP contribution in [0.5, 0.6) is 5.75 Å². The minimum atomic E-state index is -1.14. The zero-order chi connectivity index (χ0) is 14.6. The van der Waals surface area contributed by atoms with Gasteiger partial charge >= 0.3 is 5.97 Å². The van der Waals surface area contributed by atoms with E-state index in [-0.39, 0.29) is 28.2 Å². The molecule has 1 aromatic carbocycles. The van der Waals surface area contributed by atoms with Crippen molar-refractivity contribution in [1.29, 1.82) is 0 Å². The fraction of sp³-hybridized carbons (Fsp3) is 0.385. The lowest BCUT2D eigenvalue weighted by molar-refractivity contribution is -0.119. The fourth-order valence-electron chi connectivity index (χ4n) is 1.43. The van der Waals surface area contributed by atoms with E-state index >= 15 is 0 Å². The average Bonchev–Trinajstić information content (AvgIpc) is 2.39. The van der Waals surface area contributed by atoms with Gasteiger partial charge in [-0.1, -0.05) is 25.4 Å². The highest BCUT2D eigenvalue weighted by Crippen LogP contribution is 2.31. The molecule has 0 aliphatic carbocycles. The van der Waals surface area contributed by atoms with Gasteiger partial charge in [0.15, 0.2) is 0 Å². The van der Waals surface area contributed by atoms with Crippen molar-refractivity contribution in [3.8, 4) is 5.75 Å². The number of carboxylic acids is 1. The number of carbonyl (C=O) groups is 2. The van der Waals surface area contributed by atoms with Gasteiger partial charge < -0.3 is 15.2 Å². The molecule has 1 aromatic rings. The van der Waals surface area contributed by atoms with Gasteiger partial charge in [0, 0.05) is 12.0 Å². The summed E-state index contributed by atoms with van der Waals surface area (Å²) in [6.45, 7) is 3.70. The topological polar surface area (TPSA) is 75.6 Å². The van der Waals surface area contributed by atoms with E-state index in [1.807, 2.05) is 6.92 Å². The highest BCUT2D eigenvalue weighted by Gasteiger charge is 2.17. The van der Waals surface area contributed by atoms with Gasteiger partial charge in [0.2, 0.25) is 5.91 Å². The predicted molar refractivity (Wildman–Crippen MR) is 73.0 cm³/mol. The molecule has 0 unspecified atom stereocenters. The minimum absolute atomic E-state index is 0.0472. The number of methoxy groups -OCH3 is 1. The van der Waals surface area contributed by atoms with Crippen molar-refractivity contribution in [3.05, 3.63) is 22.7 Å². The largest absolute Gasteiger partial charge is 0.496 e. The van der Waals surface area contributed by atoms with E-state index in [9.17, 15) is 9.59 Å². The van der Waals surface area contributed by atoms with Crippen LogP contribution < -0.4 is 10.1 Å². The molecular weight excluding hydrogens is 270 g/mol. The van der Waals surface area contributed by atoms with Gasteiger partial charge in [0.1, 0.15) is 11.3 Å². The standard InChI is InChI=1S/C13H16ClNO4/c1-4-7(2)12(16)15-10-6-11(19-3)8(13(17)18)5-9(10)14/h5-7H,4H2,1-3H3,(H,15,16)(H,17,18)/t7-/m0/s1. The molecule has 1 atom stereocenters. The molecule has 0 radical (unpaired) electrons. The van der Waals surface area contributed by atoms with Crippen LogP contribution in [0, 0.1) is 5.92 Å². The quantitative estimate of drug-likeness (QED) is 0.872. The summed E-state index contributed by atoms with van der Waals surface area (Å²) < 4.78 is 4.98. The first-order chi connectivity index (χ1) is 8.90. The number of halogens is 1. The lowest BCUT2D eigenvalue weighted by Gasteiger charge is -2.13. The number of amides is 1. The Morgan fingerprint density at radius 1 is 1.47 bits per heavy atom. The molecule has 5 nitrogen and oxygen atoms in total. The SMILES string of the molecule is CC[C@H](C)C(=O)Nc1cc(OC)c(C(=O)O)cc1Cl. The van der Waals surface area contributed by atoms with Crippen molar-refractivity contribution in [3.63, 3.8) is 0 Å². The van der Waals surface area contributed by atoms with Crippen LogP contribution >= 0.6 is 11.6 Å². The molecule has 19 heavy (non-hydrogen) atoms. The molecule has 0 aromatic heterocycles. The Morgan fingerprint density at radius 2 is 2.11 bits per heavy atom. The third kappa shape index (κ3) is 3.61. The van der Waals surface area contributed by atoms with Crippen LogP contribution in [-0.4, -0.2) is 24.1 Å². The van der Waals surface area contributed by atoms with Gasteiger partial charge in [-0.2, -0.15) is 0 Å². The third-order valence-corrected chi connectivity index (χ3v) is 3.15. The number of nitrogens with one attached hydrogen (secondary N) is 1. The highest BCUT2D eigenvalue weighted by molar-refractivity contribution is 6.34. The van der Waals surface area contributed by atoms with Crippen molar-refractivity contribution < 1.29 is 19.4 Å². The van der Waals surface area contributed by atoms with Crippen LogP contribution in [-0.2, 0) is 4.79 Å². The third-order valence-electron chi connectivity index (χ3n) is 2.84. The molecule has 2 N–H and O–H groups in total. The second kappa shape index (κ2) is 6.43. The van der Waals surface area contributed by atoms with Crippen LogP contribution in [0.3, 0.4) is 0 Å². The fourth-order valence-corrected chi connectivity index (χ4v) is 1.64. The molecule has 0 spiro atoms. The van der Waals surface area contributed by atoms with Crippen molar-refractivity contribution in [2.45, 2.75) is 20.3 Å². The van der Waals surface area contributed by atoms with E-state index in [0.717, 1.165) is 0 Å². The maximum Gasteiger partial charge on any atom is 0.339 e. The first kappa shape index (κ1) is 15.3. The van der Waals surface area contributed by atoms with Gasteiger partial charge in [0.05, 0.1) is 17.8 Å². The maximum absolute atomic E-state index is 11.8.